The van der Waals surface area contributed by atoms with E-state index in [2.05, 4.69) is 60.1 Å². The van der Waals surface area contributed by atoms with Crippen molar-refractivity contribution >= 4 is 27.6 Å². The third kappa shape index (κ3) is 1.87. The van der Waals surface area contributed by atoms with Gasteiger partial charge in [-0.2, -0.15) is 0 Å². The number of anilines is 1. The summed E-state index contributed by atoms with van der Waals surface area (Å²) in [7, 11) is 0. The average molecular weight is 293 g/mol. The number of benzene rings is 1. The number of pyridine rings is 1. The minimum Gasteiger partial charge on any atom is -0.452 e. The van der Waals surface area contributed by atoms with Crippen molar-refractivity contribution in [1.82, 2.24) is 9.88 Å². The summed E-state index contributed by atoms with van der Waals surface area (Å²) in [5, 5.41) is 2.27. The topological polar surface area (TPSA) is 32.5 Å². The van der Waals surface area contributed by atoms with Crippen molar-refractivity contribution in [3.8, 4) is 0 Å². The first-order valence-corrected chi connectivity index (χ1v) is 7.61. The molecule has 22 heavy (non-hydrogen) atoms. The van der Waals surface area contributed by atoms with Gasteiger partial charge in [-0.05, 0) is 32.4 Å². The van der Waals surface area contributed by atoms with E-state index in [-0.39, 0.29) is 0 Å². The second-order valence-electron chi connectivity index (χ2n) is 6.10. The highest BCUT2D eigenvalue weighted by atomic mass is 16.3. The van der Waals surface area contributed by atoms with Gasteiger partial charge in [0.15, 0.2) is 11.2 Å². The van der Waals surface area contributed by atoms with Crippen molar-refractivity contribution < 1.29 is 4.42 Å². The van der Waals surface area contributed by atoms with Crippen LogP contribution in [0, 0.1) is 6.92 Å². The molecule has 0 atom stereocenters. The maximum Gasteiger partial charge on any atom is 0.159 e. The summed E-state index contributed by atoms with van der Waals surface area (Å²) in [6, 6.07) is 6.81. The molecule has 112 valence electrons. The van der Waals surface area contributed by atoms with Crippen molar-refractivity contribution in [1.29, 1.82) is 0 Å². The minimum atomic E-state index is 0.487. The van der Waals surface area contributed by atoms with E-state index in [1.165, 1.54) is 5.56 Å². The van der Waals surface area contributed by atoms with Gasteiger partial charge in [0.05, 0.1) is 18.6 Å². The average Bonchev–Trinajstić information content (AvgIpc) is 3.11. The molecule has 0 saturated carbocycles. The van der Waals surface area contributed by atoms with E-state index in [1.54, 1.807) is 6.20 Å². The molecule has 0 N–H and O–H groups in total. The molecule has 4 rings (SSSR count). The first-order chi connectivity index (χ1) is 10.6. The number of nitrogens with zero attached hydrogens (tertiary/aromatic N) is 3. The van der Waals surface area contributed by atoms with E-state index < -0.39 is 0 Å². The summed E-state index contributed by atoms with van der Waals surface area (Å²) in [6.45, 7) is 7.39. The fraction of sp³-hybridized carbons (Fsp3) is 0.278. The summed E-state index contributed by atoms with van der Waals surface area (Å²) in [5.41, 5.74) is 4.15. The SMILES string of the molecule is Cc1ccc2c(oc3cnccc32)c1N1C=CN(C(C)C)C1. The Hall–Kier alpha value is -2.49. The van der Waals surface area contributed by atoms with Gasteiger partial charge in [0.2, 0.25) is 0 Å². The lowest BCUT2D eigenvalue weighted by Crippen LogP contribution is -2.30. The Labute approximate surface area is 129 Å². The van der Waals surface area contributed by atoms with Gasteiger partial charge in [-0.25, -0.2) is 0 Å². The first kappa shape index (κ1) is 13.2. The molecule has 0 unspecified atom stereocenters. The van der Waals surface area contributed by atoms with E-state index in [0.717, 1.165) is 34.3 Å². The maximum absolute atomic E-state index is 6.12. The lowest BCUT2D eigenvalue weighted by molar-refractivity contribution is 0.336. The van der Waals surface area contributed by atoms with Crippen LogP contribution in [-0.4, -0.2) is 22.6 Å². The Bertz CT molecular complexity index is 879. The van der Waals surface area contributed by atoms with E-state index in [4.69, 9.17) is 4.42 Å². The monoisotopic (exact) mass is 293 g/mol. The summed E-state index contributed by atoms with van der Waals surface area (Å²) in [6.07, 6.45) is 7.88. The van der Waals surface area contributed by atoms with E-state index in [1.807, 2.05) is 12.3 Å². The zero-order valence-corrected chi connectivity index (χ0v) is 13.1. The Morgan fingerprint density at radius 2 is 2.00 bits per heavy atom. The lowest BCUT2D eigenvalue weighted by Gasteiger charge is -2.25. The van der Waals surface area contributed by atoms with Gasteiger partial charge in [-0.3, -0.25) is 4.98 Å². The molecule has 2 aromatic heterocycles. The van der Waals surface area contributed by atoms with Crippen molar-refractivity contribution in [2.75, 3.05) is 11.6 Å². The smallest absolute Gasteiger partial charge is 0.159 e. The largest absolute Gasteiger partial charge is 0.452 e. The standard InChI is InChI=1S/C18H19N3O/c1-12(2)20-8-9-21(11-20)17-13(3)4-5-15-14-6-7-19-10-16(14)22-18(15)17/h4-10,12H,11H2,1-3H3. The highest BCUT2D eigenvalue weighted by Crippen LogP contribution is 2.38. The molecule has 0 saturated heterocycles. The van der Waals surface area contributed by atoms with E-state index >= 15 is 0 Å². The summed E-state index contributed by atoms with van der Waals surface area (Å²) in [5.74, 6) is 0. The second kappa shape index (κ2) is 4.77. The van der Waals surface area contributed by atoms with E-state index in [9.17, 15) is 0 Å². The Morgan fingerprint density at radius 1 is 1.14 bits per heavy atom. The molecule has 1 aliphatic rings. The molecule has 0 radical (unpaired) electrons. The fourth-order valence-corrected chi connectivity index (χ4v) is 3.05. The van der Waals surface area contributed by atoms with Crippen LogP contribution in [-0.2, 0) is 0 Å². The Kier molecular flexibility index (Phi) is 2.86. The molecule has 0 spiro atoms. The van der Waals surface area contributed by atoms with Crippen LogP contribution < -0.4 is 4.90 Å². The summed E-state index contributed by atoms with van der Waals surface area (Å²) < 4.78 is 6.12. The minimum absolute atomic E-state index is 0.487. The molecule has 3 heterocycles. The number of rotatable bonds is 2. The van der Waals surface area contributed by atoms with Crippen LogP contribution in [0.5, 0.6) is 0 Å². The van der Waals surface area contributed by atoms with Crippen molar-refractivity contribution in [3.05, 3.63) is 48.6 Å². The number of aromatic nitrogens is 1. The molecular formula is C18H19N3O. The number of furan rings is 1. The first-order valence-electron chi connectivity index (χ1n) is 7.61. The van der Waals surface area contributed by atoms with Crippen LogP contribution in [0.1, 0.15) is 19.4 Å². The number of aryl methyl sites for hydroxylation is 1. The maximum atomic E-state index is 6.12. The number of hydrogen-bond donors (Lipinski definition) is 0. The van der Waals surface area contributed by atoms with Crippen molar-refractivity contribution in [3.63, 3.8) is 0 Å². The predicted octanol–water partition coefficient (Wildman–Crippen LogP) is 4.25. The van der Waals surface area contributed by atoms with Gasteiger partial charge < -0.3 is 14.2 Å². The molecule has 0 bridgehead atoms. The van der Waals surface area contributed by atoms with Crippen LogP contribution in [0.2, 0.25) is 0 Å². The lowest BCUT2D eigenvalue weighted by atomic mass is 10.1. The van der Waals surface area contributed by atoms with Crippen LogP contribution in [0.3, 0.4) is 0 Å². The van der Waals surface area contributed by atoms with Gasteiger partial charge in [-0.15, -0.1) is 0 Å². The third-order valence-corrected chi connectivity index (χ3v) is 4.32. The Balaban J connectivity index is 1.90. The van der Waals surface area contributed by atoms with Gasteiger partial charge in [0.25, 0.3) is 0 Å². The van der Waals surface area contributed by atoms with Crippen LogP contribution in [0.25, 0.3) is 21.9 Å². The number of fused-ring (bicyclic) bond motifs is 3. The molecular weight excluding hydrogens is 274 g/mol. The zero-order valence-electron chi connectivity index (χ0n) is 13.1. The normalized spacial score (nSPS) is 14.9. The van der Waals surface area contributed by atoms with Gasteiger partial charge >= 0.3 is 0 Å². The highest BCUT2D eigenvalue weighted by molar-refractivity contribution is 6.09. The summed E-state index contributed by atoms with van der Waals surface area (Å²) >= 11 is 0. The molecule has 4 heteroatoms. The summed E-state index contributed by atoms with van der Waals surface area (Å²) in [4.78, 5) is 8.73. The van der Waals surface area contributed by atoms with Crippen LogP contribution in [0.4, 0.5) is 5.69 Å². The van der Waals surface area contributed by atoms with Crippen molar-refractivity contribution in [2.24, 2.45) is 0 Å². The van der Waals surface area contributed by atoms with Crippen molar-refractivity contribution in [2.45, 2.75) is 26.8 Å². The third-order valence-electron chi connectivity index (χ3n) is 4.32. The molecule has 3 aromatic rings. The number of hydrogen-bond acceptors (Lipinski definition) is 4. The van der Waals surface area contributed by atoms with Gasteiger partial charge in [-0.1, -0.05) is 12.1 Å². The molecule has 0 aliphatic carbocycles. The van der Waals surface area contributed by atoms with Gasteiger partial charge in [0.1, 0.15) is 0 Å². The van der Waals surface area contributed by atoms with Crippen LogP contribution in [0.15, 0.2) is 47.4 Å². The van der Waals surface area contributed by atoms with Crippen LogP contribution >= 0.6 is 0 Å². The molecule has 1 aromatic carbocycles. The second-order valence-corrected chi connectivity index (χ2v) is 6.10. The highest BCUT2D eigenvalue weighted by Gasteiger charge is 2.22. The zero-order chi connectivity index (χ0) is 15.3. The van der Waals surface area contributed by atoms with E-state index in [0.29, 0.717) is 6.04 Å². The van der Waals surface area contributed by atoms with Gasteiger partial charge in [0, 0.05) is 35.4 Å². The molecule has 4 nitrogen and oxygen atoms in total. The molecule has 0 amide bonds. The predicted molar refractivity (Wildman–Crippen MR) is 89.7 cm³/mol. The fourth-order valence-electron chi connectivity index (χ4n) is 3.05. The Morgan fingerprint density at radius 3 is 2.77 bits per heavy atom. The molecule has 1 aliphatic heterocycles. The molecule has 0 fully saturated rings. The quantitative estimate of drug-likeness (QED) is 0.707.